The summed E-state index contributed by atoms with van der Waals surface area (Å²) < 4.78 is 12.0. The molecule has 2 aromatic carbocycles. The van der Waals surface area contributed by atoms with Crippen LogP contribution in [0.4, 0.5) is 5.13 Å². The molecule has 5 rings (SSSR count). The average Bonchev–Trinajstić information content (AvgIpc) is 3.42. The molecule has 0 saturated carbocycles. The molecule has 0 aliphatic carbocycles. The molecule has 1 aliphatic rings. The minimum absolute atomic E-state index is 0.0491. The highest BCUT2D eigenvalue weighted by Gasteiger charge is 2.45. The van der Waals surface area contributed by atoms with E-state index in [-0.39, 0.29) is 11.2 Å². The number of fused-ring (bicyclic) bond motifs is 2. The van der Waals surface area contributed by atoms with Crippen LogP contribution >= 0.6 is 11.3 Å². The van der Waals surface area contributed by atoms with Crippen molar-refractivity contribution in [3.05, 3.63) is 80.6 Å². The van der Waals surface area contributed by atoms with Crippen LogP contribution in [0.1, 0.15) is 59.9 Å². The molecule has 0 N–H and O–H groups in total. The van der Waals surface area contributed by atoms with Gasteiger partial charge in [-0.1, -0.05) is 56.4 Å². The van der Waals surface area contributed by atoms with Crippen LogP contribution in [0.3, 0.4) is 0 Å². The predicted molar refractivity (Wildman–Crippen MR) is 132 cm³/mol. The van der Waals surface area contributed by atoms with Gasteiger partial charge in [0.05, 0.1) is 23.6 Å². The lowest BCUT2D eigenvalue weighted by atomic mass is 9.98. The maximum atomic E-state index is 13.6. The number of rotatable bonds is 7. The van der Waals surface area contributed by atoms with Crippen LogP contribution in [0.2, 0.25) is 0 Å². The Kier molecular flexibility index (Phi) is 5.91. The summed E-state index contributed by atoms with van der Waals surface area (Å²) in [6.45, 7) is 6.87. The molecule has 4 aromatic rings. The van der Waals surface area contributed by atoms with Crippen LogP contribution in [0, 0.1) is 5.92 Å². The number of para-hydroxylation sites is 1. The first kappa shape index (κ1) is 22.3. The maximum absolute atomic E-state index is 13.6. The van der Waals surface area contributed by atoms with Gasteiger partial charge >= 0.3 is 0 Å². The fourth-order valence-corrected chi connectivity index (χ4v) is 4.91. The normalized spacial score (nSPS) is 15.4. The number of anilines is 1. The summed E-state index contributed by atoms with van der Waals surface area (Å²) in [5.74, 6) is 0.873. The van der Waals surface area contributed by atoms with Gasteiger partial charge in [0.25, 0.3) is 5.91 Å². The van der Waals surface area contributed by atoms with Crippen molar-refractivity contribution in [3.63, 3.8) is 0 Å². The summed E-state index contributed by atoms with van der Waals surface area (Å²) in [7, 11) is 0. The average molecular weight is 476 g/mol. The highest BCUT2D eigenvalue weighted by atomic mass is 32.1. The quantitative estimate of drug-likeness (QED) is 0.357. The van der Waals surface area contributed by atoms with E-state index in [1.54, 1.807) is 24.3 Å². The van der Waals surface area contributed by atoms with Crippen LogP contribution in [0.5, 0.6) is 5.75 Å². The second-order valence-corrected chi connectivity index (χ2v) is 9.72. The predicted octanol–water partition coefficient (Wildman–Crippen LogP) is 5.38. The zero-order valence-electron chi connectivity index (χ0n) is 19.3. The Balaban J connectivity index is 1.66. The van der Waals surface area contributed by atoms with Gasteiger partial charge in [0.2, 0.25) is 10.9 Å². The minimum Gasteiger partial charge on any atom is -0.494 e. The molecule has 2 aromatic heterocycles. The van der Waals surface area contributed by atoms with E-state index < -0.39 is 11.9 Å². The van der Waals surface area contributed by atoms with Crippen LogP contribution in [0.15, 0.2) is 57.7 Å². The van der Waals surface area contributed by atoms with Crippen molar-refractivity contribution in [1.29, 1.82) is 0 Å². The molecular formula is C26H25N3O4S. The van der Waals surface area contributed by atoms with E-state index in [2.05, 4.69) is 24.0 Å². The van der Waals surface area contributed by atoms with Crippen molar-refractivity contribution in [2.45, 2.75) is 39.7 Å². The van der Waals surface area contributed by atoms with Gasteiger partial charge in [-0.3, -0.25) is 14.5 Å². The Hall–Kier alpha value is -3.52. The molecule has 3 heterocycles. The van der Waals surface area contributed by atoms with Crippen LogP contribution in [-0.2, 0) is 6.42 Å². The number of amides is 1. The number of nitrogens with zero attached hydrogens (tertiary/aromatic N) is 3. The van der Waals surface area contributed by atoms with Gasteiger partial charge in [0.15, 0.2) is 5.43 Å². The van der Waals surface area contributed by atoms with Gasteiger partial charge < -0.3 is 9.15 Å². The molecule has 0 fully saturated rings. The number of carbonyl (C=O) groups is 1. The second-order valence-electron chi connectivity index (χ2n) is 8.68. The number of carbonyl (C=O) groups excluding carboxylic acids is 1. The summed E-state index contributed by atoms with van der Waals surface area (Å²) >= 11 is 1.34. The number of ether oxygens (including phenoxy) is 1. The Morgan fingerprint density at radius 1 is 1.12 bits per heavy atom. The van der Waals surface area contributed by atoms with Crippen molar-refractivity contribution < 1.29 is 13.9 Å². The number of hydrogen-bond acceptors (Lipinski definition) is 7. The standard InChI is InChI=1S/C26H25N3O4S/c1-4-20-27-28-26(34-20)29-22(16-8-7-9-17(14-16)32-13-12-15(2)3)21-23(30)18-10-5-6-11-19(18)33-24(21)25(29)31/h5-11,14-15,22H,4,12-13H2,1-3H3. The largest absolute Gasteiger partial charge is 0.494 e. The summed E-state index contributed by atoms with van der Waals surface area (Å²) in [6.07, 6.45) is 1.64. The van der Waals surface area contributed by atoms with Crippen LogP contribution in [-0.4, -0.2) is 22.7 Å². The van der Waals surface area contributed by atoms with Crippen LogP contribution < -0.4 is 15.1 Å². The highest BCUT2D eigenvalue weighted by Crippen LogP contribution is 2.42. The molecule has 7 nitrogen and oxygen atoms in total. The molecule has 1 unspecified atom stereocenters. The molecule has 0 spiro atoms. The Labute approximate surface area is 201 Å². The molecule has 174 valence electrons. The molecular weight excluding hydrogens is 450 g/mol. The lowest BCUT2D eigenvalue weighted by Crippen LogP contribution is -2.29. The zero-order valence-corrected chi connectivity index (χ0v) is 20.1. The van der Waals surface area contributed by atoms with Crippen molar-refractivity contribution in [2.75, 3.05) is 11.5 Å². The van der Waals surface area contributed by atoms with Gasteiger partial charge in [-0.2, -0.15) is 0 Å². The molecule has 8 heteroatoms. The molecule has 1 aliphatic heterocycles. The van der Waals surface area contributed by atoms with Crippen LogP contribution in [0.25, 0.3) is 11.0 Å². The van der Waals surface area contributed by atoms with Gasteiger partial charge in [0.1, 0.15) is 16.3 Å². The molecule has 1 amide bonds. The van der Waals surface area contributed by atoms with Gasteiger partial charge in [-0.05, 0) is 48.6 Å². The first-order valence-corrected chi connectivity index (χ1v) is 12.2. The SMILES string of the molecule is CCc1nnc(N2C(=O)c3oc4ccccc4c(=O)c3C2c2cccc(OCCC(C)C)c2)s1. The summed E-state index contributed by atoms with van der Waals surface area (Å²) in [4.78, 5) is 28.8. The molecule has 1 atom stereocenters. The summed E-state index contributed by atoms with van der Waals surface area (Å²) in [5.41, 5.74) is 1.24. The first-order chi connectivity index (χ1) is 16.5. The van der Waals surface area contributed by atoms with Crippen molar-refractivity contribution in [3.8, 4) is 5.75 Å². The van der Waals surface area contributed by atoms with E-state index >= 15 is 0 Å². The molecule has 0 saturated heterocycles. The third-order valence-corrected chi connectivity index (χ3v) is 6.95. The highest BCUT2D eigenvalue weighted by molar-refractivity contribution is 7.15. The maximum Gasteiger partial charge on any atom is 0.297 e. The van der Waals surface area contributed by atoms with Crippen molar-refractivity contribution in [2.24, 2.45) is 5.92 Å². The molecule has 34 heavy (non-hydrogen) atoms. The number of benzene rings is 2. The number of hydrogen-bond donors (Lipinski definition) is 0. The van der Waals surface area contributed by atoms with Gasteiger partial charge in [-0.15, -0.1) is 10.2 Å². The Morgan fingerprint density at radius 2 is 1.94 bits per heavy atom. The van der Waals surface area contributed by atoms with Crippen molar-refractivity contribution >= 4 is 33.3 Å². The number of aromatic nitrogens is 2. The summed E-state index contributed by atoms with van der Waals surface area (Å²) in [5, 5.41) is 10.2. The fraction of sp³-hybridized carbons (Fsp3) is 0.308. The zero-order chi connectivity index (χ0) is 23.8. The van der Waals surface area contributed by atoms with E-state index in [1.165, 1.54) is 16.2 Å². The minimum atomic E-state index is -0.685. The van der Waals surface area contributed by atoms with E-state index in [0.717, 1.165) is 17.0 Å². The first-order valence-electron chi connectivity index (χ1n) is 11.4. The lowest BCUT2D eigenvalue weighted by Gasteiger charge is -2.22. The van der Waals surface area contributed by atoms with E-state index in [9.17, 15) is 9.59 Å². The van der Waals surface area contributed by atoms with E-state index in [4.69, 9.17) is 9.15 Å². The third kappa shape index (κ3) is 3.88. The Morgan fingerprint density at radius 3 is 2.71 bits per heavy atom. The summed E-state index contributed by atoms with van der Waals surface area (Å²) in [6, 6.07) is 13.8. The van der Waals surface area contributed by atoms with Crippen molar-refractivity contribution in [1.82, 2.24) is 10.2 Å². The van der Waals surface area contributed by atoms with Gasteiger partial charge in [0, 0.05) is 0 Å². The van der Waals surface area contributed by atoms with Gasteiger partial charge in [-0.25, -0.2) is 0 Å². The monoisotopic (exact) mass is 475 g/mol. The van der Waals surface area contributed by atoms with E-state index in [0.29, 0.717) is 46.4 Å². The smallest absolute Gasteiger partial charge is 0.297 e. The van der Waals surface area contributed by atoms with E-state index in [1.807, 2.05) is 31.2 Å². The Bertz CT molecular complexity index is 1430. The third-order valence-electron chi connectivity index (χ3n) is 5.88. The fourth-order valence-electron chi connectivity index (χ4n) is 4.10. The molecule has 0 radical (unpaired) electrons. The number of aryl methyl sites for hydroxylation is 1. The second kappa shape index (κ2) is 9.02. The lowest BCUT2D eigenvalue weighted by molar-refractivity contribution is 0.0970. The topological polar surface area (TPSA) is 85.5 Å². The molecule has 0 bridgehead atoms.